The van der Waals surface area contributed by atoms with Crippen LogP contribution < -0.4 is 10.5 Å². The highest BCUT2D eigenvalue weighted by atomic mass is 32.2. The van der Waals surface area contributed by atoms with Gasteiger partial charge >= 0.3 is 0 Å². The van der Waals surface area contributed by atoms with Crippen LogP contribution in [-0.4, -0.2) is 23.4 Å². The molecule has 0 saturated heterocycles. The molecule has 2 aromatic rings. The maximum absolute atomic E-state index is 12.0. The highest BCUT2D eigenvalue weighted by molar-refractivity contribution is 7.92. The van der Waals surface area contributed by atoms with E-state index in [1.54, 1.807) is 0 Å². The van der Waals surface area contributed by atoms with Crippen LogP contribution in [0.4, 0.5) is 11.5 Å². The molecular weight excluding hydrogens is 258 g/mol. The first kappa shape index (κ1) is 12.4. The van der Waals surface area contributed by atoms with Gasteiger partial charge in [-0.05, 0) is 6.42 Å². The molecule has 0 aromatic carbocycles. The van der Waals surface area contributed by atoms with Crippen LogP contribution in [-0.2, 0) is 16.6 Å². The molecule has 0 saturated carbocycles. The third-order valence-electron chi connectivity index (χ3n) is 2.18. The molecule has 0 unspecified atom stereocenters. The van der Waals surface area contributed by atoms with Gasteiger partial charge in [0.15, 0.2) is 5.82 Å². The van der Waals surface area contributed by atoms with Crippen molar-refractivity contribution >= 4 is 21.5 Å². The van der Waals surface area contributed by atoms with Gasteiger partial charge in [-0.3, -0.25) is 9.40 Å². The van der Waals surface area contributed by atoms with Gasteiger partial charge in [-0.1, -0.05) is 12.1 Å². The Balaban J connectivity index is 2.29. The van der Waals surface area contributed by atoms with Crippen LogP contribution in [0, 0.1) is 0 Å². The molecule has 0 bridgehead atoms. The number of nitrogens with one attached hydrogen (secondary N) is 1. The first-order chi connectivity index (χ1) is 8.53. The highest BCUT2D eigenvalue weighted by Gasteiger charge is 2.21. The lowest BCUT2D eigenvalue weighted by Gasteiger charge is -2.02. The highest BCUT2D eigenvalue weighted by Crippen LogP contribution is 2.20. The Labute approximate surface area is 104 Å². The SMILES string of the molecule is CCCn1cc(S(=O)(=O)Nc2cnoc2)c(N)n1. The number of anilines is 2. The van der Waals surface area contributed by atoms with E-state index in [9.17, 15) is 8.42 Å². The number of hydrogen-bond acceptors (Lipinski definition) is 6. The molecule has 2 heterocycles. The molecule has 2 rings (SSSR count). The number of nitrogen functional groups attached to an aromatic ring is 1. The van der Waals surface area contributed by atoms with Crippen molar-refractivity contribution in [3.63, 3.8) is 0 Å². The number of nitrogens with zero attached hydrogens (tertiary/aromatic N) is 3. The number of hydrogen-bond donors (Lipinski definition) is 2. The van der Waals surface area contributed by atoms with E-state index in [-0.39, 0.29) is 16.4 Å². The number of aromatic nitrogens is 3. The summed E-state index contributed by atoms with van der Waals surface area (Å²) in [5.41, 5.74) is 5.83. The minimum atomic E-state index is -3.77. The van der Waals surface area contributed by atoms with Gasteiger partial charge in [0.05, 0.1) is 6.20 Å². The Morgan fingerprint density at radius 1 is 1.56 bits per heavy atom. The summed E-state index contributed by atoms with van der Waals surface area (Å²) in [7, 11) is -3.77. The molecule has 0 radical (unpaired) electrons. The summed E-state index contributed by atoms with van der Waals surface area (Å²) in [5.74, 6) is -0.0348. The first-order valence-electron chi connectivity index (χ1n) is 5.28. The molecule has 0 amide bonds. The van der Waals surface area contributed by atoms with Gasteiger partial charge < -0.3 is 10.3 Å². The summed E-state index contributed by atoms with van der Waals surface area (Å²) >= 11 is 0. The molecule has 0 atom stereocenters. The molecule has 0 aliphatic carbocycles. The molecule has 18 heavy (non-hydrogen) atoms. The standard InChI is InChI=1S/C9H13N5O3S/c1-2-3-14-5-8(9(10)12-14)18(15,16)13-7-4-11-17-6-7/h4-6,13H,2-3H2,1H3,(H2,10,12). The second kappa shape index (κ2) is 4.69. The second-order valence-electron chi connectivity index (χ2n) is 3.66. The third kappa shape index (κ3) is 2.45. The van der Waals surface area contributed by atoms with Crippen molar-refractivity contribution in [1.29, 1.82) is 0 Å². The van der Waals surface area contributed by atoms with Crippen molar-refractivity contribution in [1.82, 2.24) is 14.9 Å². The average Bonchev–Trinajstić information content (AvgIpc) is 2.88. The van der Waals surface area contributed by atoms with Gasteiger partial charge in [0, 0.05) is 12.7 Å². The molecule has 9 heteroatoms. The molecule has 98 valence electrons. The van der Waals surface area contributed by atoms with Crippen LogP contribution in [0.15, 0.2) is 28.1 Å². The van der Waals surface area contributed by atoms with Crippen molar-refractivity contribution < 1.29 is 12.9 Å². The van der Waals surface area contributed by atoms with Crippen molar-refractivity contribution in [3.05, 3.63) is 18.7 Å². The predicted octanol–water partition coefficient (Wildman–Crippen LogP) is 0.664. The zero-order valence-corrected chi connectivity index (χ0v) is 10.5. The molecule has 2 aromatic heterocycles. The number of rotatable bonds is 5. The van der Waals surface area contributed by atoms with Crippen molar-refractivity contribution in [2.75, 3.05) is 10.5 Å². The quantitative estimate of drug-likeness (QED) is 0.825. The Morgan fingerprint density at radius 2 is 2.33 bits per heavy atom. The molecule has 0 aliphatic heterocycles. The lowest BCUT2D eigenvalue weighted by atomic mass is 10.5. The number of aryl methyl sites for hydroxylation is 1. The summed E-state index contributed by atoms with van der Waals surface area (Å²) in [5, 5.41) is 7.34. The molecule has 0 fully saturated rings. The average molecular weight is 271 g/mol. The Bertz CT molecular complexity index is 617. The number of sulfonamides is 1. The van der Waals surface area contributed by atoms with Crippen LogP contribution in [0.3, 0.4) is 0 Å². The van der Waals surface area contributed by atoms with Crippen molar-refractivity contribution in [2.45, 2.75) is 24.8 Å². The van der Waals surface area contributed by atoms with E-state index in [1.807, 2.05) is 6.92 Å². The van der Waals surface area contributed by atoms with E-state index in [0.29, 0.717) is 6.54 Å². The minimum absolute atomic E-state index is 0.0348. The van der Waals surface area contributed by atoms with Crippen molar-refractivity contribution in [2.24, 2.45) is 0 Å². The Hall–Kier alpha value is -2.03. The topological polar surface area (TPSA) is 116 Å². The van der Waals surface area contributed by atoms with E-state index in [4.69, 9.17) is 5.73 Å². The van der Waals surface area contributed by atoms with E-state index < -0.39 is 10.0 Å². The molecule has 0 aliphatic rings. The number of nitrogens with two attached hydrogens (primary N) is 1. The lowest BCUT2D eigenvalue weighted by molar-refractivity contribution is 0.420. The summed E-state index contributed by atoms with van der Waals surface area (Å²) < 4.78 is 32.4. The van der Waals surface area contributed by atoms with Gasteiger partial charge in [-0.25, -0.2) is 8.42 Å². The molecule has 3 N–H and O–H groups in total. The summed E-state index contributed by atoms with van der Waals surface area (Å²) in [4.78, 5) is -0.0582. The smallest absolute Gasteiger partial charge is 0.267 e. The van der Waals surface area contributed by atoms with E-state index in [1.165, 1.54) is 23.3 Å². The van der Waals surface area contributed by atoms with Gasteiger partial charge in [0.2, 0.25) is 0 Å². The zero-order chi connectivity index (χ0) is 13.2. The van der Waals surface area contributed by atoms with Crippen LogP contribution in [0.2, 0.25) is 0 Å². The van der Waals surface area contributed by atoms with Crippen LogP contribution >= 0.6 is 0 Å². The largest absolute Gasteiger partial charge is 0.381 e. The van der Waals surface area contributed by atoms with E-state index >= 15 is 0 Å². The fourth-order valence-electron chi connectivity index (χ4n) is 1.43. The summed E-state index contributed by atoms with van der Waals surface area (Å²) in [6.07, 6.45) is 4.67. The minimum Gasteiger partial charge on any atom is -0.381 e. The van der Waals surface area contributed by atoms with Crippen LogP contribution in [0.5, 0.6) is 0 Å². The normalized spacial score (nSPS) is 11.6. The molecular formula is C9H13N5O3S. The predicted molar refractivity (Wildman–Crippen MR) is 64.2 cm³/mol. The van der Waals surface area contributed by atoms with Crippen LogP contribution in [0.25, 0.3) is 0 Å². The molecule has 8 nitrogen and oxygen atoms in total. The molecule has 0 spiro atoms. The summed E-state index contributed by atoms with van der Waals surface area (Å²) in [6.45, 7) is 2.56. The third-order valence-corrected chi connectivity index (χ3v) is 3.58. The lowest BCUT2D eigenvalue weighted by Crippen LogP contribution is -2.13. The van der Waals surface area contributed by atoms with Crippen LogP contribution in [0.1, 0.15) is 13.3 Å². The Morgan fingerprint density at radius 3 is 2.94 bits per heavy atom. The zero-order valence-electron chi connectivity index (χ0n) is 9.70. The van der Waals surface area contributed by atoms with Gasteiger partial charge in [0.1, 0.15) is 16.8 Å². The van der Waals surface area contributed by atoms with E-state index in [0.717, 1.165) is 6.42 Å². The maximum atomic E-state index is 12.0. The van der Waals surface area contributed by atoms with Gasteiger partial charge in [0.25, 0.3) is 10.0 Å². The maximum Gasteiger partial charge on any atom is 0.267 e. The first-order valence-corrected chi connectivity index (χ1v) is 6.76. The fraction of sp³-hybridized carbons (Fsp3) is 0.333. The van der Waals surface area contributed by atoms with Gasteiger partial charge in [-0.2, -0.15) is 5.10 Å². The monoisotopic (exact) mass is 271 g/mol. The van der Waals surface area contributed by atoms with E-state index in [2.05, 4.69) is 19.5 Å². The van der Waals surface area contributed by atoms with Gasteiger partial charge in [-0.15, -0.1) is 0 Å². The van der Waals surface area contributed by atoms with Crippen molar-refractivity contribution in [3.8, 4) is 0 Å². The second-order valence-corrected chi connectivity index (χ2v) is 5.31. The fourth-order valence-corrected chi connectivity index (χ4v) is 2.53. The Kier molecular flexibility index (Phi) is 3.24. The summed E-state index contributed by atoms with van der Waals surface area (Å²) in [6, 6.07) is 0.